The van der Waals surface area contributed by atoms with Crippen molar-refractivity contribution in [2.75, 3.05) is 17.6 Å². The Hall–Kier alpha value is -2.53. The Bertz CT molecular complexity index is 709. The van der Waals surface area contributed by atoms with Crippen molar-refractivity contribution in [1.29, 1.82) is 0 Å². The number of nitrogen functional groups attached to an aromatic ring is 1. The number of anilines is 2. The number of nitrogens with zero attached hydrogens (tertiary/aromatic N) is 1. The molecule has 0 bridgehead atoms. The van der Waals surface area contributed by atoms with Crippen molar-refractivity contribution in [3.05, 3.63) is 54.1 Å². The van der Waals surface area contributed by atoms with Gasteiger partial charge in [-0.25, -0.2) is 0 Å². The van der Waals surface area contributed by atoms with Gasteiger partial charge in [0.2, 0.25) is 0 Å². The number of oxazole rings is 1. The largest absolute Gasteiger partial charge is 0.424 e. The van der Waals surface area contributed by atoms with Crippen LogP contribution in [0, 0.1) is 0 Å². The average Bonchev–Trinajstić information content (AvgIpc) is 2.87. The fourth-order valence-corrected chi connectivity index (χ4v) is 2.00. The molecule has 0 aliphatic heterocycles. The molecule has 0 saturated heterocycles. The van der Waals surface area contributed by atoms with Crippen LogP contribution >= 0.6 is 0 Å². The lowest BCUT2D eigenvalue weighted by Crippen LogP contribution is -2.12. The Morgan fingerprint density at radius 2 is 2.00 bits per heavy atom. The second kappa shape index (κ2) is 5.22. The normalized spacial score (nSPS) is 12.4. The topological polar surface area (TPSA) is 84.3 Å². The quantitative estimate of drug-likeness (QED) is 0.634. The predicted molar refractivity (Wildman–Crippen MR) is 78.3 cm³/mol. The number of benzene rings is 2. The highest BCUT2D eigenvalue weighted by Gasteiger charge is 2.10. The zero-order chi connectivity index (χ0) is 13.9. The highest BCUT2D eigenvalue weighted by atomic mass is 16.4. The molecule has 0 amide bonds. The van der Waals surface area contributed by atoms with Gasteiger partial charge >= 0.3 is 0 Å². The summed E-state index contributed by atoms with van der Waals surface area (Å²) >= 11 is 0. The summed E-state index contributed by atoms with van der Waals surface area (Å²) in [5.74, 6) is 0. The SMILES string of the molecule is Nc1ccc2oc(NCC(O)c3ccccc3)nc2c1. The van der Waals surface area contributed by atoms with Crippen molar-refractivity contribution in [2.45, 2.75) is 6.10 Å². The summed E-state index contributed by atoms with van der Waals surface area (Å²) < 4.78 is 5.52. The molecule has 0 fully saturated rings. The van der Waals surface area contributed by atoms with Crippen LogP contribution in [0.5, 0.6) is 0 Å². The summed E-state index contributed by atoms with van der Waals surface area (Å²) in [6, 6.07) is 15.1. The summed E-state index contributed by atoms with van der Waals surface area (Å²) in [7, 11) is 0. The molecule has 0 spiro atoms. The van der Waals surface area contributed by atoms with Crippen molar-refractivity contribution in [1.82, 2.24) is 4.98 Å². The molecular formula is C15H15N3O2. The smallest absolute Gasteiger partial charge is 0.295 e. The molecule has 4 N–H and O–H groups in total. The second-order valence-electron chi connectivity index (χ2n) is 4.55. The van der Waals surface area contributed by atoms with Crippen LogP contribution in [0.1, 0.15) is 11.7 Å². The van der Waals surface area contributed by atoms with E-state index < -0.39 is 6.10 Å². The molecule has 1 heterocycles. The lowest BCUT2D eigenvalue weighted by molar-refractivity contribution is 0.191. The van der Waals surface area contributed by atoms with E-state index in [0.717, 1.165) is 5.56 Å². The number of aliphatic hydroxyl groups excluding tert-OH is 1. The Morgan fingerprint density at radius 1 is 1.20 bits per heavy atom. The summed E-state index contributed by atoms with van der Waals surface area (Å²) in [5.41, 5.74) is 8.54. The lowest BCUT2D eigenvalue weighted by Gasteiger charge is -2.10. The van der Waals surface area contributed by atoms with Crippen molar-refractivity contribution in [3.63, 3.8) is 0 Å². The van der Waals surface area contributed by atoms with Crippen LogP contribution in [0.3, 0.4) is 0 Å². The number of aliphatic hydroxyl groups is 1. The van der Waals surface area contributed by atoms with Gasteiger partial charge in [-0.15, -0.1) is 0 Å². The van der Waals surface area contributed by atoms with Gasteiger partial charge in [0.05, 0.1) is 6.10 Å². The van der Waals surface area contributed by atoms with Crippen LogP contribution < -0.4 is 11.1 Å². The van der Waals surface area contributed by atoms with Gasteiger partial charge in [-0.05, 0) is 23.8 Å². The molecule has 0 saturated carbocycles. The molecule has 102 valence electrons. The monoisotopic (exact) mass is 269 g/mol. The van der Waals surface area contributed by atoms with Crippen LogP contribution in [0.2, 0.25) is 0 Å². The Kier molecular flexibility index (Phi) is 3.26. The molecular weight excluding hydrogens is 254 g/mol. The molecule has 1 unspecified atom stereocenters. The van der Waals surface area contributed by atoms with Crippen molar-refractivity contribution < 1.29 is 9.52 Å². The third-order valence-electron chi connectivity index (χ3n) is 3.04. The van der Waals surface area contributed by atoms with Gasteiger partial charge in [0, 0.05) is 12.2 Å². The number of nitrogens with one attached hydrogen (secondary N) is 1. The number of hydrogen-bond donors (Lipinski definition) is 3. The molecule has 0 aliphatic rings. The summed E-state index contributed by atoms with van der Waals surface area (Å²) in [5, 5.41) is 13.0. The number of hydrogen-bond acceptors (Lipinski definition) is 5. The van der Waals surface area contributed by atoms with Crippen LogP contribution in [0.25, 0.3) is 11.1 Å². The van der Waals surface area contributed by atoms with E-state index in [2.05, 4.69) is 10.3 Å². The predicted octanol–water partition coefficient (Wildman–Crippen LogP) is 2.56. The molecule has 3 rings (SSSR count). The maximum Gasteiger partial charge on any atom is 0.295 e. The zero-order valence-corrected chi connectivity index (χ0v) is 10.8. The van der Waals surface area contributed by atoms with Crippen molar-refractivity contribution in [3.8, 4) is 0 Å². The fourth-order valence-electron chi connectivity index (χ4n) is 2.00. The van der Waals surface area contributed by atoms with E-state index in [1.165, 1.54) is 0 Å². The summed E-state index contributed by atoms with van der Waals surface area (Å²) in [6.45, 7) is 0.326. The fraction of sp³-hybridized carbons (Fsp3) is 0.133. The van der Waals surface area contributed by atoms with Gasteiger partial charge in [0.15, 0.2) is 5.58 Å². The third kappa shape index (κ3) is 2.57. The summed E-state index contributed by atoms with van der Waals surface area (Å²) in [6.07, 6.45) is -0.615. The van der Waals surface area contributed by atoms with E-state index in [1.807, 2.05) is 30.3 Å². The first-order valence-electron chi connectivity index (χ1n) is 6.35. The highest BCUT2D eigenvalue weighted by Crippen LogP contribution is 2.21. The van der Waals surface area contributed by atoms with Crippen LogP contribution in [0.15, 0.2) is 52.9 Å². The standard InChI is InChI=1S/C15H15N3O2/c16-11-6-7-14-12(8-11)18-15(20-14)17-9-13(19)10-4-2-1-3-5-10/h1-8,13,19H,9,16H2,(H,17,18). The number of fused-ring (bicyclic) bond motifs is 1. The van der Waals surface area contributed by atoms with Crippen molar-refractivity contribution in [2.24, 2.45) is 0 Å². The minimum absolute atomic E-state index is 0.326. The number of rotatable bonds is 4. The zero-order valence-electron chi connectivity index (χ0n) is 10.8. The van der Waals surface area contributed by atoms with E-state index in [-0.39, 0.29) is 0 Å². The molecule has 0 radical (unpaired) electrons. The third-order valence-corrected chi connectivity index (χ3v) is 3.04. The lowest BCUT2D eigenvalue weighted by atomic mass is 10.1. The minimum atomic E-state index is -0.615. The second-order valence-corrected chi connectivity index (χ2v) is 4.55. The molecule has 5 nitrogen and oxygen atoms in total. The van der Waals surface area contributed by atoms with Crippen LogP contribution in [-0.2, 0) is 0 Å². The van der Waals surface area contributed by atoms with Gasteiger partial charge in [-0.3, -0.25) is 0 Å². The molecule has 1 atom stereocenters. The molecule has 0 aliphatic carbocycles. The minimum Gasteiger partial charge on any atom is -0.424 e. The van der Waals surface area contributed by atoms with Crippen LogP contribution in [0.4, 0.5) is 11.7 Å². The first-order valence-corrected chi connectivity index (χ1v) is 6.35. The Labute approximate surface area is 116 Å². The molecule has 1 aromatic heterocycles. The van der Waals surface area contributed by atoms with E-state index in [9.17, 15) is 5.11 Å². The molecule has 3 aromatic rings. The van der Waals surface area contributed by atoms with E-state index in [0.29, 0.717) is 29.3 Å². The first-order chi connectivity index (χ1) is 9.72. The van der Waals surface area contributed by atoms with E-state index in [4.69, 9.17) is 10.2 Å². The number of nitrogens with two attached hydrogens (primary N) is 1. The van der Waals surface area contributed by atoms with E-state index >= 15 is 0 Å². The molecule has 5 heteroatoms. The Morgan fingerprint density at radius 3 is 2.80 bits per heavy atom. The average molecular weight is 269 g/mol. The van der Waals surface area contributed by atoms with Gasteiger partial charge < -0.3 is 20.6 Å². The van der Waals surface area contributed by atoms with Gasteiger partial charge in [-0.2, -0.15) is 4.98 Å². The maximum atomic E-state index is 10.0. The van der Waals surface area contributed by atoms with Crippen LogP contribution in [-0.4, -0.2) is 16.6 Å². The molecule has 2 aromatic carbocycles. The van der Waals surface area contributed by atoms with E-state index in [1.54, 1.807) is 18.2 Å². The van der Waals surface area contributed by atoms with Crippen molar-refractivity contribution >= 4 is 22.8 Å². The Balaban J connectivity index is 1.71. The highest BCUT2D eigenvalue weighted by molar-refractivity contribution is 5.78. The van der Waals surface area contributed by atoms with Gasteiger partial charge in [-0.1, -0.05) is 30.3 Å². The maximum absolute atomic E-state index is 10.0. The molecule has 20 heavy (non-hydrogen) atoms. The van der Waals surface area contributed by atoms with Gasteiger partial charge in [0.25, 0.3) is 6.01 Å². The van der Waals surface area contributed by atoms with Gasteiger partial charge in [0.1, 0.15) is 5.52 Å². The summed E-state index contributed by atoms with van der Waals surface area (Å²) in [4.78, 5) is 4.27. The first kappa shape index (κ1) is 12.5. The number of aromatic nitrogens is 1.